The molecule has 0 aromatic carbocycles. The topological polar surface area (TPSA) is 110 Å². The number of fused-ring (bicyclic) bond motifs is 1. The lowest BCUT2D eigenvalue weighted by Gasteiger charge is -2.28. The van der Waals surface area contributed by atoms with Crippen LogP contribution in [0.5, 0.6) is 0 Å². The highest BCUT2D eigenvalue weighted by Gasteiger charge is 2.37. The Morgan fingerprint density at radius 1 is 1.47 bits per heavy atom. The molecule has 3 rings (SSSR count). The largest absolute Gasteiger partial charge is 0.370 e. The molecule has 0 saturated heterocycles. The van der Waals surface area contributed by atoms with Gasteiger partial charge in [0.25, 0.3) is 0 Å². The summed E-state index contributed by atoms with van der Waals surface area (Å²) in [5.41, 5.74) is 12.5. The van der Waals surface area contributed by atoms with Crippen molar-refractivity contribution in [2.24, 2.45) is 23.5 Å². The van der Waals surface area contributed by atoms with Crippen LogP contribution in [0, 0.1) is 0 Å². The molecular weight excluding hydrogens is 218 g/mol. The van der Waals surface area contributed by atoms with Gasteiger partial charge in [-0.1, -0.05) is 0 Å². The number of guanidine groups is 1. The van der Waals surface area contributed by atoms with Gasteiger partial charge in [0.15, 0.2) is 11.6 Å². The van der Waals surface area contributed by atoms with Crippen molar-refractivity contribution in [1.82, 2.24) is 14.5 Å². The summed E-state index contributed by atoms with van der Waals surface area (Å²) in [4.78, 5) is 11.6. The first-order chi connectivity index (χ1) is 8.09. The third kappa shape index (κ3) is 1.32. The molecule has 0 amide bonds. The summed E-state index contributed by atoms with van der Waals surface area (Å²) in [6.07, 6.45) is 5.30. The fourth-order valence-electron chi connectivity index (χ4n) is 2.00. The molecule has 0 saturated carbocycles. The van der Waals surface area contributed by atoms with Crippen LogP contribution in [0.1, 0.15) is 11.3 Å². The SMILES string of the molecule is Cn1cnc(C2(N)N=C(N)Nc3[nH]ccc32)c1. The molecule has 2 aromatic rings. The zero-order valence-corrected chi connectivity index (χ0v) is 9.31. The molecule has 7 heteroatoms. The minimum Gasteiger partial charge on any atom is -0.370 e. The number of aromatic amines is 1. The molecule has 0 fully saturated rings. The lowest BCUT2D eigenvalue weighted by Crippen LogP contribution is -2.44. The number of H-pyrrole nitrogens is 1. The maximum Gasteiger partial charge on any atom is 0.196 e. The average molecular weight is 231 g/mol. The molecule has 2 aromatic heterocycles. The van der Waals surface area contributed by atoms with Crippen molar-refractivity contribution < 1.29 is 0 Å². The van der Waals surface area contributed by atoms with Crippen LogP contribution in [0.4, 0.5) is 5.82 Å². The van der Waals surface area contributed by atoms with E-state index in [0.717, 1.165) is 11.4 Å². The maximum absolute atomic E-state index is 6.34. The summed E-state index contributed by atoms with van der Waals surface area (Å²) < 4.78 is 1.82. The average Bonchev–Trinajstić information content (AvgIpc) is 2.86. The van der Waals surface area contributed by atoms with Crippen LogP contribution in [0.25, 0.3) is 0 Å². The van der Waals surface area contributed by atoms with Crippen LogP contribution < -0.4 is 16.8 Å². The van der Waals surface area contributed by atoms with Crippen molar-refractivity contribution in [2.45, 2.75) is 5.66 Å². The number of nitrogens with one attached hydrogen (secondary N) is 2. The van der Waals surface area contributed by atoms with Gasteiger partial charge in [0.1, 0.15) is 11.5 Å². The monoisotopic (exact) mass is 231 g/mol. The predicted octanol–water partition coefficient (Wildman–Crippen LogP) is -0.352. The summed E-state index contributed by atoms with van der Waals surface area (Å²) in [5, 5.41) is 2.93. The molecule has 0 spiro atoms. The van der Waals surface area contributed by atoms with E-state index in [1.54, 1.807) is 12.5 Å². The van der Waals surface area contributed by atoms with Gasteiger partial charge in [-0.05, 0) is 6.07 Å². The number of hydrogen-bond acceptors (Lipinski definition) is 5. The quantitative estimate of drug-likeness (QED) is 0.537. The smallest absolute Gasteiger partial charge is 0.196 e. The summed E-state index contributed by atoms with van der Waals surface area (Å²) in [6, 6.07) is 1.87. The summed E-state index contributed by atoms with van der Waals surface area (Å²) in [5.74, 6) is 1.03. The van der Waals surface area contributed by atoms with Gasteiger partial charge in [-0.2, -0.15) is 0 Å². The Kier molecular flexibility index (Phi) is 1.81. The van der Waals surface area contributed by atoms with E-state index in [1.165, 1.54) is 0 Å². The molecule has 1 unspecified atom stereocenters. The third-order valence-electron chi connectivity index (χ3n) is 2.80. The number of hydrogen-bond donors (Lipinski definition) is 4. The second-order valence-corrected chi connectivity index (χ2v) is 4.08. The van der Waals surface area contributed by atoms with Gasteiger partial charge in [0.05, 0.1) is 6.33 Å². The highest BCUT2D eigenvalue weighted by Crippen LogP contribution is 2.34. The third-order valence-corrected chi connectivity index (χ3v) is 2.80. The fourth-order valence-corrected chi connectivity index (χ4v) is 2.00. The number of aliphatic imine (C=N–C) groups is 1. The van der Waals surface area contributed by atoms with Crippen molar-refractivity contribution in [3.8, 4) is 0 Å². The predicted molar refractivity (Wildman–Crippen MR) is 64.2 cm³/mol. The number of aromatic nitrogens is 3. The molecule has 17 heavy (non-hydrogen) atoms. The van der Waals surface area contributed by atoms with Gasteiger partial charge in [0, 0.05) is 25.0 Å². The van der Waals surface area contributed by atoms with E-state index in [-0.39, 0.29) is 5.96 Å². The molecule has 0 radical (unpaired) electrons. The molecule has 1 aliphatic rings. The standard InChI is InChI=1S/C10H13N7/c1-17-4-7(14-5-17)10(12)6-2-3-13-8(6)15-9(11)16-10/h2-5,13H,12H2,1H3,(H3,11,15,16). The highest BCUT2D eigenvalue weighted by atomic mass is 15.2. The lowest BCUT2D eigenvalue weighted by molar-refractivity contribution is 0.551. The van der Waals surface area contributed by atoms with E-state index < -0.39 is 5.66 Å². The molecular formula is C10H13N7. The molecule has 1 atom stereocenters. The second kappa shape index (κ2) is 3.11. The van der Waals surface area contributed by atoms with Crippen molar-refractivity contribution >= 4 is 11.8 Å². The number of rotatable bonds is 1. The molecule has 7 nitrogen and oxygen atoms in total. The zero-order valence-electron chi connectivity index (χ0n) is 9.31. The number of nitrogens with zero attached hydrogens (tertiary/aromatic N) is 3. The Hall–Kier alpha value is -2.28. The summed E-state index contributed by atoms with van der Waals surface area (Å²) in [6.45, 7) is 0. The van der Waals surface area contributed by atoms with Gasteiger partial charge in [0.2, 0.25) is 0 Å². The van der Waals surface area contributed by atoms with Crippen LogP contribution >= 0.6 is 0 Å². The Morgan fingerprint density at radius 2 is 2.29 bits per heavy atom. The van der Waals surface area contributed by atoms with Crippen LogP contribution in [0.15, 0.2) is 29.8 Å². The maximum atomic E-state index is 6.34. The van der Waals surface area contributed by atoms with Crippen molar-refractivity contribution in [3.05, 3.63) is 36.0 Å². The summed E-state index contributed by atoms with van der Waals surface area (Å²) in [7, 11) is 1.88. The zero-order chi connectivity index (χ0) is 12.0. The Bertz CT molecular complexity index is 593. The van der Waals surface area contributed by atoms with Crippen LogP contribution in [-0.4, -0.2) is 20.5 Å². The molecule has 88 valence electrons. The molecule has 0 bridgehead atoms. The van der Waals surface area contributed by atoms with E-state index in [2.05, 4.69) is 20.3 Å². The van der Waals surface area contributed by atoms with Crippen molar-refractivity contribution in [1.29, 1.82) is 0 Å². The van der Waals surface area contributed by atoms with Gasteiger partial charge in [-0.3, -0.25) is 5.73 Å². The first kappa shape index (κ1) is 9.91. The fraction of sp³-hybridized carbons (Fsp3) is 0.200. The van der Waals surface area contributed by atoms with Gasteiger partial charge in [-0.15, -0.1) is 0 Å². The van der Waals surface area contributed by atoms with E-state index in [9.17, 15) is 0 Å². The molecule has 6 N–H and O–H groups in total. The number of aryl methyl sites for hydroxylation is 1. The minimum absolute atomic E-state index is 0.271. The van der Waals surface area contributed by atoms with Crippen LogP contribution in [0.3, 0.4) is 0 Å². The number of anilines is 1. The second-order valence-electron chi connectivity index (χ2n) is 4.08. The first-order valence-corrected chi connectivity index (χ1v) is 5.17. The normalized spacial score (nSPS) is 22.8. The molecule has 0 aliphatic carbocycles. The number of imidazole rings is 1. The Labute approximate surface area is 97.6 Å². The molecule has 1 aliphatic heterocycles. The van der Waals surface area contributed by atoms with Crippen LogP contribution in [0.2, 0.25) is 0 Å². The van der Waals surface area contributed by atoms with Crippen molar-refractivity contribution in [3.63, 3.8) is 0 Å². The van der Waals surface area contributed by atoms with E-state index in [0.29, 0.717) is 5.69 Å². The number of nitrogens with two attached hydrogens (primary N) is 2. The van der Waals surface area contributed by atoms with E-state index >= 15 is 0 Å². The van der Waals surface area contributed by atoms with E-state index in [4.69, 9.17) is 11.5 Å². The summed E-state index contributed by atoms with van der Waals surface area (Å²) >= 11 is 0. The van der Waals surface area contributed by atoms with Gasteiger partial charge < -0.3 is 20.6 Å². The molecule has 3 heterocycles. The Balaban J connectivity index is 2.21. The van der Waals surface area contributed by atoms with Crippen LogP contribution in [-0.2, 0) is 12.7 Å². The minimum atomic E-state index is -1.04. The van der Waals surface area contributed by atoms with Gasteiger partial charge in [-0.25, -0.2) is 9.98 Å². The van der Waals surface area contributed by atoms with Gasteiger partial charge >= 0.3 is 0 Å². The highest BCUT2D eigenvalue weighted by molar-refractivity contribution is 5.95. The van der Waals surface area contributed by atoms with Crippen molar-refractivity contribution in [2.75, 3.05) is 5.32 Å². The lowest BCUT2D eigenvalue weighted by atomic mass is 9.99. The Morgan fingerprint density at radius 3 is 3.00 bits per heavy atom. The first-order valence-electron chi connectivity index (χ1n) is 5.17. The van der Waals surface area contributed by atoms with E-state index in [1.807, 2.05) is 23.9 Å².